The number of hydrogen-bond acceptors (Lipinski definition) is 4. The number of nitrogens with zero attached hydrogens (tertiary/aromatic N) is 2. The van der Waals surface area contributed by atoms with Crippen LogP contribution in [0.1, 0.15) is 23.1 Å². The Morgan fingerprint density at radius 2 is 2.28 bits per heavy atom. The number of ether oxygens (including phenoxy) is 1. The standard InChI is InChI=1S/C12H12BrN3O2/c1-3-18-12(17)11-14-10(15-16-11)9-6-8(13)5-4-7(9)2/h4-6H,3H2,1-2H3,(H,14,15,16). The minimum Gasteiger partial charge on any atom is -0.460 e. The Labute approximate surface area is 113 Å². The summed E-state index contributed by atoms with van der Waals surface area (Å²) in [6.07, 6.45) is 0. The summed E-state index contributed by atoms with van der Waals surface area (Å²) in [4.78, 5) is 15.6. The van der Waals surface area contributed by atoms with E-state index in [0.717, 1.165) is 15.6 Å². The molecule has 18 heavy (non-hydrogen) atoms. The van der Waals surface area contributed by atoms with E-state index in [1.165, 1.54) is 0 Å². The number of aryl methyl sites for hydroxylation is 1. The maximum Gasteiger partial charge on any atom is 0.375 e. The van der Waals surface area contributed by atoms with Crippen molar-refractivity contribution in [3.63, 3.8) is 0 Å². The zero-order chi connectivity index (χ0) is 13.1. The molecule has 1 aromatic carbocycles. The van der Waals surface area contributed by atoms with Crippen LogP contribution in [0.2, 0.25) is 0 Å². The molecule has 1 aromatic heterocycles. The van der Waals surface area contributed by atoms with Crippen LogP contribution in [-0.4, -0.2) is 27.8 Å². The van der Waals surface area contributed by atoms with Crippen molar-refractivity contribution < 1.29 is 9.53 Å². The van der Waals surface area contributed by atoms with E-state index in [4.69, 9.17) is 4.74 Å². The lowest BCUT2D eigenvalue weighted by Crippen LogP contribution is -2.06. The molecule has 94 valence electrons. The SMILES string of the molecule is CCOC(=O)c1nc(-c2cc(Br)ccc2C)n[nH]1. The molecule has 0 amide bonds. The topological polar surface area (TPSA) is 67.9 Å². The molecule has 0 atom stereocenters. The minimum absolute atomic E-state index is 0.117. The van der Waals surface area contributed by atoms with Gasteiger partial charge in [0.2, 0.25) is 5.82 Å². The van der Waals surface area contributed by atoms with Crippen LogP contribution in [0.15, 0.2) is 22.7 Å². The summed E-state index contributed by atoms with van der Waals surface area (Å²) in [6.45, 7) is 4.01. The van der Waals surface area contributed by atoms with Crippen molar-refractivity contribution in [1.29, 1.82) is 0 Å². The Balaban J connectivity index is 2.35. The van der Waals surface area contributed by atoms with Crippen LogP contribution in [0, 0.1) is 6.92 Å². The lowest BCUT2D eigenvalue weighted by atomic mass is 10.1. The van der Waals surface area contributed by atoms with Gasteiger partial charge in [-0.3, -0.25) is 5.10 Å². The summed E-state index contributed by atoms with van der Waals surface area (Å²) in [7, 11) is 0. The number of H-pyrrole nitrogens is 1. The number of rotatable bonds is 3. The highest BCUT2D eigenvalue weighted by Gasteiger charge is 2.15. The predicted molar refractivity (Wildman–Crippen MR) is 70.2 cm³/mol. The van der Waals surface area contributed by atoms with Gasteiger partial charge in [0, 0.05) is 10.0 Å². The molecule has 0 spiro atoms. The third kappa shape index (κ3) is 2.59. The number of nitrogens with one attached hydrogen (secondary N) is 1. The van der Waals surface area contributed by atoms with Crippen LogP contribution in [-0.2, 0) is 4.74 Å². The van der Waals surface area contributed by atoms with Crippen molar-refractivity contribution in [3.05, 3.63) is 34.1 Å². The van der Waals surface area contributed by atoms with Gasteiger partial charge in [-0.2, -0.15) is 5.10 Å². The molecule has 1 N–H and O–H groups in total. The lowest BCUT2D eigenvalue weighted by molar-refractivity contribution is 0.0512. The van der Waals surface area contributed by atoms with Crippen molar-refractivity contribution in [1.82, 2.24) is 15.2 Å². The molecule has 0 aliphatic rings. The van der Waals surface area contributed by atoms with E-state index >= 15 is 0 Å². The molecule has 0 saturated carbocycles. The van der Waals surface area contributed by atoms with Gasteiger partial charge in [-0.25, -0.2) is 9.78 Å². The third-order valence-corrected chi connectivity index (χ3v) is 2.89. The fraction of sp³-hybridized carbons (Fsp3) is 0.250. The van der Waals surface area contributed by atoms with Crippen molar-refractivity contribution >= 4 is 21.9 Å². The van der Waals surface area contributed by atoms with Gasteiger partial charge >= 0.3 is 5.97 Å². The number of benzene rings is 1. The summed E-state index contributed by atoms with van der Waals surface area (Å²) >= 11 is 3.40. The van der Waals surface area contributed by atoms with E-state index in [-0.39, 0.29) is 5.82 Å². The zero-order valence-corrected chi connectivity index (χ0v) is 11.6. The Kier molecular flexibility index (Phi) is 3.76. The van der Waals surface area contributed by atoms with Gasteiger partial charge in [-0.15, -0.1) is 0 Å². The van der Waals surface area contributed by atoms with Gasteiger partial charge in [0.05, 0.1) is 6.61 Å². The van der Waals surface area contributed by atoms with Crippen LogP contribution < -0.4 is 0 Å². The van der Waals surface area contributed by atoms with Gasteiger partial charge in [0.25, 0.3) is 0 Å². The Bertz CT molecular complexity index is 580. The largest absolute Gasteiger partial charge is 0.460 e. The molecule has 2 rings (SSSR count). The zero-order valence-electron chi connectivity index (χ0n) is 10.0. The number of esters is 1. The Morgan fingerprint density at radius 3 is 3.00 bits per heavy atom. The monoisotopic (exact) mass is 309 g/mol. The van der Waals surface area contributed by atoms with Crippen molar-refractivity contribution in [2.75, 3.05) is 6.61 Å². The van der Waals surface area contributed by atoms with Crippen LogP contribution in [0.3, 0.4) is 0 Å². The van der Waals surface area contributed by atoms with Crippen molar-refractivity contribution in [2.45, 2.75) is 13.8 Å². The van der Waals surface area contributed by atoms with Crippen LogP contribution in [0.5, 0.6) is 0 Å². The predicted octanol–water partition coefficient (Wildman–Crippen LogP) is 2.72. The molecular weight excluding hydrogens is 298 g/mol. The summed E-state index contributed by atoms with van der Waals surface area (Å²) in [5.41, 5.74) is 1.91. The van der Waals surface area contributed by atoms with E-state index in [1.54, 1.807) is 6.92 Å². The van der Waals surface area contributed by atoms with Gasteiger partial charge in [0.15, 0.2) is 5.82 Å². The summed E-state index contributed by atoms with van der Waals surface area (Å²) < 4.78 is 5.78. The highest BCUT2D eigenvalue weighted by molar-refractivity contribution is 9.10. The normalized spacial score (nSPS) is 10.4. The second-order valence-corrected chi connectivity index (χ2v) is 4.60. The van der Waals surface area contributed by atoms with Gasteiger partial charge in [-0.05, 0) is 31.5 Å². The van der Waals surface area contributed by atoms with E-state index < -0.39 is 5.97 Å². The molecule has 0 aliphatic heterocycles. The number of carbonyl (C=O) groups excluding carboxylic acids is 1. The summed E-state index contributed by atoms with van der Waals surface area (Å²) in [5.74, 6) is 0.104. The van der Waals surface area contributed by atoms with E-state index in [2.05, 4.69) is 31.1 Å². The van der Waals surface area contributed by atoms with Gasteiger partial charge < -0.3 is 4.74 Å². The summed E-state index contributed by atoms with van der Waals surface area (Å²) in [6, 6.07) is 5.81. The highest BCUT2D eigenvalue weighted by Crippen LogP contribution is 2.23. The minimum atomic E-state index is -0.496. The first-order valence-electron chi connectivity index (χ1n) is 5.48. The second-order valence-electron chi connectivity index (χ2n) is 3.69. The number of carbonyl (C=O) groups is 1. The fourth-order valence-corrected chi connectivity index (χ4v) is 1.87. The van der Waals surface area contributed by atoms with Crippen LogP contribution in [0.4, 0.5) is 0 Å². The number of aromatic nitrogens is 3. The maximum absolute atomic E-state index is 11.5. The molecule has 5 nitrogen and oxygen atoms in total. The first-order valence-corrected chi connectivity index (χ1v) is 6.27. The lowest BCUT2D eigenvalue weighted by Gasteiger charge is -2.01. The Morgan fingerprint density at radius 1 is 1.50 bits per heavy atom. The highest BCUT2D eigenvalue weighted by atomic mass is 79.9. The molecular formula is C12H12BrN3O2. The van der Waals surface area contributed by atoms with Crippen molar-refractivity contribution in [3.8, 4) is 11.4 Å². The van der Waals surface area contributed by atoms with Crippen molar-refractivity contribution in [2.24, 2.45) is 0 Å². The number of halogens is 1. The quantitative estimate of drug-likeness (QED) is 0.885. The molecule has 0 unspecified atom stereocenters. The second kappa shape index (κ2) is 5.30. The molecule has 6 heteroatoms. The van der Waals surface area contributed by atoms with Gasteiger partial charge in [-0.1, -0.05) is 22.0 Å². The van der Waals surface area contributed by atoms with E-state index in [0.29, 0.717) is 12.4 Å². The van der Waals surface area contributed by atoms with Crippen LogP contribution >= 0.6 is 15.9 Å². The molecule has 0 saturated heterocycles. The fourth-order valence-electron chi connectivity index (χ4n) is 1.51. The molecule has 0 bridgehead atoms. The molecule has 0 radical (unpaired) electrons. The average molecular weight is 310 g/mol. The smallest absolute Gasteiger partial charge is 0.375 e. The van der Waals surface area contributed by atoms with Crippen LogP contribution in [0.25, 0.3) is 11.4 Å². The Hall–Kier alpha value is -1.69. The molecule has 0 fully saturated rings. The third-order valence-electron chi connectivity index (χ3n) is 2.39. The first-order chi connectivity index (χ1) is 8.61. The first kappa shape index (κ1) is 12.8. The molecule has 1 heterocycles. The van der Waals surface area contributed by atoms with E-state index in [9.17, 15) is 4.79 Å². The summed E-state index contributed by atoms with van der Waals surface area (Å²) in [5, 5.41) is 6.62. The number of aromatic amines is 1. The molecule has 2 aromatic rings. The maximum atomic E-state index is 11.5. The van der Waals surface area contributed by atoms with E-state index in [1.807, 2.05) is 25.1 Å². The number of hydrogen-bond donors (Lipinski definition) is 1. The molecule has 0 aliphatic carbocycles. The average Bonchev–Trinajstić information content (AvgIpc) is 2.82. The van der Waals surface area contributed by atoms with Gasteiger partial charge in [0.1, 0.15) is 0 Å².